The SMILES string of the molecule is CCC(=O)NC1CCN(C(C)CC)C1. The lowest BCUT2D eigenvalue weighted by Gasteiger charge is -2.22. The second-order valence-electron chi connectivity index (χ2n) is 4.16. The number of hydrogen-bond acceptors (Lipinski definition) is 2. The fourth-order valence-electron chi connectivity index (χ4n) is 1.89. The molecule has 1 amide bonds. The van der Waals surface area contributed by atoms with Crippen LogP contribution in [0.2, 0.25) is 0 Å². The fraction of sp³-hybridized carbons (Fsp3) is 0.909. The van der Waals surface area contributed by atoms with Gasteiger partial charge in [0, 0.05) is 31.6 Å². The Kier molecular flexibility index (Phi) is 4.39. The molecule has 0 radical (unpaired) electrons. The molecule has 0 aliphatic carbocycles. The summed E-state index contributed by atoms with van der Waals surface area (Å²) < 4.78 is 0. The van der Waals surface area contributed by atoms with E-state index in [1.54, 1.807) is 0 Å². The molecule has 14 heavy (non-hydrogen) atoms. The number of nitrogens with one attached hydrogen (secondary N) is 1. The zero-order chi connectivity index (χ0) is 10.6. The number of amides is 1. The Morgan fingerprint density at radius 3 is 2.86 bits per heavy atom. The van der Waals surface area contributed by atoms with E-state index in [9.17, 15) is 4.79 Å². The van der Waals surface area contributed by atoms with Crippen LogP contribution in [-0.4, -0.2) is 36.0 Å². The highest BCUT2D eigenvalue weighted by Crippen LogP contribution is 2.14. The van der Waals surface area contributed by atoms with Gasteiger partial charge in [0.15, 0.2) is 0 Å². The molecule has 3 nitrogen and oxygen atoms in total. The van der Waals surface area contributed by atoms with Gasteiger partial charge in [0.2, 0.25) is 5.91 Å². The summed E-state index contributed by atoms with van der Waals surface area (Å²) in [6.07, 6.45) is 2.89. The van der Waals surface area contributed by atoms with Gasteiger partial charge >= 0.3 is 0 Å². The van der Waals surface area contributed by atoms with E-state index < -0.39 is 0 Å². The van der Waals surface area contributed by atoms with E-state index in [1.165, 1.54) is 6.42 Å². The second-order valence-corrected chi connectivity index (χ2v) is 4.16. The van der Waals surface area contributed by atoms with Crippen LogP contribution in [0.15, 0.2) is 0 Å². The summed E-state index contributed by atoms with van der Waals surface area (Å²) in [6, 6.07) is 1.04. The molecule has 1 aliphatic heterocycles. The largest absolute Gasteiger partial charge is 0.352 e. The van der Waals surface area contributed by atoms with Crippen LogP contribution in [0.25, 0.3) is 0 Å². The lowest BCUT2D eigenvalue weighted by Crippen LogP contribution is -2.38. The molecule has 0 aromatic carbocycles. The molecule has 1 fully saturated rings. The van der Waals surface area contributed by atoms with Crippen molar-refractivity contribution in [1.82, 2.24) is 10.2 Å². The van der Waals surface area contributed by atoms with Crippen molar-refractivity contribution >= 4 is 5.91 Å². The first-order valence-corrected chi connectivity index (χ1v) is 5.70. The Hall–Kier alpha value is -0.570. The maximum Gasteiger partial charge on any atom is 0.219 e. The Morgan fingerprint density at radius 2 is 2.29 bits per heavy atom. The van der Waals surface area contributed by atoms with Crippen molar-refractivity contribution in [3.05, 3.63) is 0 Å². The lowest BCUT2D eigenvalue weighted by molar-refractivity contribution is -0.121. The highest BCUT2D eigenvalue weighted by atomic mass is 16.1. The molecule has 0 saturated carbocycles. The van der Waals surface area contributed by atoms with Crippen molar-refractivity contribution in [2.24, 2.45) is 0 Å². The van der Waals surface area contributed by atoms with Crippen LogP contribution >= 0.6 is 0 Å². The Labute approximate surface area is 86.9 Å². The van der Waals surface area contributed by atoms with Crippen LogP contribution in [-0.2, 0) is 4.79 Å². The number of rotatable bonds is 4. The molecule has 0 aromatic rings. The van der Waals surface area contributed by atoms with Crippen molar-refractivity contribution in [2.75, 3.05) is 13.1 Å². The van der Waals surface area contributed by atoms with Crippen LogP contribution in [0.5, 0.6) is 0 Å². The van der Waals surface area contributed by atoms with E-state index >= 15 is 0 Å². The van der Waals surface area contributed by atoms with Crippen molar-refractivity contribution in [3.8, 4) is 0 Å². The molecule has 0 spiro atoms. The number of carbonyl (C=O) groups excluding carboxylic acids is 1. The van der Waals surface area contributed by atoms with Gasteiger partial charge in [-0.3, -0.25) is 9.69 Å². The molecule has 1 aliphatic rings. The molecule has 0 bridgehead atoms. The van der Waals surface area contributed by atoms with Gasteiger partial charge in [-0.15, -0.1) is 0 Å². The van der Waals surface area contributed by atoms with E-state index in [2.05, 4.69) is 24.1 Å². The summed E-state index contributed by atoms with van der Waals surface area (Å²) in [6.45, 7) is 8.52. The molecule has 1 rings (SSSR count). The third kappa shape index (κ3) is 2.98. The molecule has 1 N–H and O–H groups in total. The van der Waals surface area contributed by atoms with Gasteiger partial charge in [-0.05, 0) is 19.8 Å². The van der Waals surface area contributed by atoms with Gasteiger partial charge in [0.05, 0.1) is 0 Å². The topological polar surface area (TPSA) is 32.3 Å². The average Bonchev–Trinajstić information content (AvgIpc) is 2.65. The summed E-state index contributed by atoms with van der Waals surface area (Å²) in [7, 11) is 0. The average molecular weight is 198 g/mol. The number of likely N-dealkylation sites (tertiary alicyclic amines) is 1. The molecular weight excluding hydrogens is 176 g/mol. The molecule has 2 atom stereocenters. The van der Waals surface area contributed by atoms with Crippen LogP contribution < -0.4 is 5.32 Å². The van der Waals surface area contributed by atoms with Gasteiger partial charge in [0.1, 0.15) is 0 Å². The van der Waals surface area contributed by atoms with Crippen LogP contribution in [0.1, 0.15) is 40.0 Å². The summed E-state index contributed by atoms with van der Waals surface area (Å²) in [4.78, 5) is 13.6. The number of hydrogen-bond donors (Lipinski definition) is 1. The maximum atomic E-state index is 11.2. The molecule has 1 heterocycles. The predicted molar refractivity (Wildman–Crippen MR) is 58.2 cm³/mol. The molecule has 1 saturated heterocycles. The van der Waals surface area contributed by atoms with Crippen molar-refractivity contribution < 1.29 is 4.79 Å². The van der Waals surface area contributed by atoms with Crippen molar-refractivity contribution in [3.63, 3.8) is 0 Å². The van der Waals surface area contributed by atoms with Gasteiger partial charge in [0.25, 0.3) is 0 Å². The molecule has 82 valence electrons. The van der Waals surface area contributed by atoms with Gasteiger partial charge < -0.3 is 5.32 Å². The van der Waals surface area contributed by atoms with E-state index in [0.717, 1.165) is 19.5 Å². The quantitative estimate of drug-likeness (QED) is 0.740. The standard InChI is InChI=1S/C11H22N2O/c1-4-9(3)13-7-6-10(8-13)12-11(14)5-2/h9-10H,4-8H2,1-3H3,(H,12,14). The molecule has 0 aromatic heterocycles. The number of carbonyl (C=O) groups is 1. The van der Waals surface area contributed by atoms with Crippen LogP contribution in [0, 0.1) is 0 Å². The first kappa shape index (κ1) is 11.5. The zero-order valence-corrected chi connectivity index (χ0v) is 9.55. The van der Waals surface area contributed by atoms with Crippen LogP contribution in [0.4, 0.5) is 0 Å². The smallest absolute Gasteiger partial charge is 0.219 e. The fourth-order valence-corrected chi connectivity index (χ4v) is 1.89. The van der Waals surface area contributed by atoms with Gasteiger partial charge in [-0.2, -0.15) is 0 Å². The van der Waals surface area contributed by atoms with E-state index in [-0.39, 0.29) is 5.91 Å². The monoisotopic (exact) mass is 198 g/mol. The first-order chi connectivity index (χ1) is 6.67. The minimum absolute atomic E-state index is 0.181. The Bertz CT molecular complexity index is 194. The summed E-state index contributed by atoms with van der Waals surface area (Å²) >= 11 is 0. The lowest BCUT2D eigenvalue weighted by atomic mass is 10.2. The Morgan fingerprint density at radius 1 is 1.57 bits per heavy atom. The predicted octanol–water partition coefficient (Wildman–Crippen LogP) is 1.39. The third-order valence-electron chi connectivity index (χ3n) is 3.12. The van der Waals surface area contributed by atoms with Crippen molar-refractivity contribution in [2.45, 2.75) is 52.1 Å². The summed E-state index contributed by atoms with van der Waals surface area (Å²) in [5.74, 6) is 0.181. The maximum absolute atomic E-state index is 11.2. The molecule has 2 unspecified atom stereocenters. The van der Waals surface area contributed by atoms with Gasteiger partial charge in [-0.1, -0.05) is 13.8 Å². The van der Waals surface area contributed by atoms with E-state index in [4.69, 9.17) is 0 Å². The minimum atomic E-state index is 0.181. The highest BCUT2D eigenvalue weighted by Gasteiger charge is 2.25. The Balaban J connectivity index is 2.30. The highest BCUT2D eigenvalue weighted by molar-refractivity contribution is 5.75. The van der Waals surface area contributed by atoms with E-state index in [1.807, 2.05) is 6.92 Å². The third-order valence-corrected chi connectivity index (χ3v) is 3.12. The minimum Gasteiger partial charge on any atom is -0.352 e. The first-order valence-electron chi connectivity index (χ1n) is 5.70. The number of nitrogens with zero attached hydrogens (tertiary/aromatic N) is 1. The van der Waals surface area contributed by atoms with Crippen molar-refractivity contribution in [1.29, 1.82) is 0 Å². The molecular formula is C11H22N2O. The second kappa shape index (κ2) is 5.35. The molecule has 3 heteroatoms. The zero-order valence-electron chi connectivity index (χ0n) is 9.55. The summed E-state index contributed by atoms with van der Waals surface area (Å²) in [5, 5.41) is 3.06. The summed E-state index contributed by atoms with van der Waals surface area (Å²) in [5.41, 5.74) is 0. The van der Waals surface area contributed by atoms with Gasteiger partial charge in [-0.25, -0.2) is 0 Å². The van der Waals surface area contributed by atoms with E-state index in [0.29, 0.717) is 18.5 Å². The normalized spacial score (nSPS) is 24.9. The van der Waals surface area contributed by atoms with Crippen LogP contribution in [0.3, 0.4) is 0 Å².